The molecule has 1 aliphatic carbocycles. The van der Waals surface area contributed by atoms with E-state index in [0.717, 1.165) is 41.3 Å². The normalized spacial score (nSPS) is 22.9. The number of Topliss-reactive ketones (excluding diaryl/α,β-unsaturated/α-hetero) is 2. The van der Waals surface area contributed by atoms with Crippen LogP contribution in [0.25, 0.3) is 10.8 Å². The molecule has 0 amide bonds. The molecule has 0 bridgehead atoms. The number of hydrogen-bond acceptors (Lipinski definition) is 4. The predicted molar refractivity (Wildman–Crippen MR) is 132 cm³/mol. The average molecular weight is 441 g/mol. The van der Waals surface area contributed by atoms with Crippen LogP contribution in [-0.2, 0) is 11.2 Å². The number of aromatic nitrogens is 1. The molecule has 2 fully saturated rings. The Labute approximate surface area is 196 Å². The molecule has 1 aliphatic heterocycles. The molecular weight excluding hydrogens is 408 g/mol. The Kier molecular flexibility index (Phi) is 6.37. The number of ketones is 2. The van der Waals surface area contributed by atoms with E-state index in [2.05, 4.69) is 35.1 Å². The van der Waals surface area contributed by atoms with Gasteiger partial charge in [0.15, 0.2) is 5.78 Å². The van der Waals surface area contributed by atoms with E-state index in [1.165, 1.54) is 24.9 Å². The van der Waals surface area contributed by atoms with Gasteiger partial charge in [0.25, 0.3) is 0 Å². The Hall–Kier alpha value is -2.85. The van der Waals surface area contributed by atoms with Crippen molar-refractivity contribution in [3.8, 4) is 0 Å². The van der Waals surface area contributed by atoms with Crippen LogP contribution in [0.15, 0.2) is 60.9 Å². The van der Waals surface area contributed by atoms with Gasteiger partial charge in [-0.1, -0.05) is 42.5 Å². The van der Waals surface area contributed by atoms with Gasteiger partial charge in [-0.25, -0.2) is 0 Å². The Morgan fingerprint density at radius 2 is 1.91 bits per heavy atom. The SMILES string of the molecule is CN1CCCC(CCC(=O)c2ccc([C@@H]3C[C@H]3C(=O)Cc3ccc4cnccc4c3)cc2)C1. The van der Waals surface area contributed by atoms with Crippen LogP contribution < -0.4 is 0 Å². The third kappa shape index (κ3) is 5.22. The zero-order valence-electron chi connectivity index (χ0n) is 19.4. The van der Waals surface area contributed by atoms with Crippen molar-refractivity contribution in [2.75, 3.05) is 20.1 Å². The second kappa shape index (κ2) is 9.56. The molecule has 2 heterocycles. The number of piperidine rings is 1. The maximum atomic E-state index is 12.9. The zero-order chi connectivity index (χ0) is 22.8. The lowest BCUT2D eigenvalue weighted by Gasteiger charge is -2.29. The van der Waals surface area contributed by atoms with Crippen LogP contribution in [0.4, 0.5) is 0 Å². The summed E-state index contributed by atoms with van der Waals surface area (Å²) >= 11 is 0. The number of benzene rings is 2. The van der Waals surface area contributed by atoms with Crippen molar-refractivity contribution >= 4 is 22.3 Å². The Morgan fingerprint density at radius 3 is 2.73 bits per heavy atom. The van der Waals surface area contributed by atoms with E-state index in [9.17, 15) is 9.59 Å². The lowest BCUT2D eigenvalue weighted by Crippen LogP contribution is -2.32. The van der Waals surface area contributed by atoms with Gasteiger partial charge in [0.05, 0.1) is 0 Å². The van der Waals surface area contributed by atoms with Crippen molar-refractivity contribution < 1.29 is 9.59 Å². The Morgan fingerprint density at radius 1 is 1.06 bits per heavy atom. The summed E-state index contributed by atoms with van der Waals surface area (Å²) < 4.78 is 0. The van der Waals surface area contributed by atoms with Gasteiger partial charge in [-0.3, -0.25) is 14.6 Å². The van der Waals surface area contributed by atoms with Crippen molar-refractivity contribution in [2.24, 2.45) is 11.8 Å². The fraction of sp³-hybridized carbons (Fsp3) is 0.414. The molecule has 0 spiro atoms. The molecule has 2 aliphatic rings. The molecule has 0 radical (unpaired) electrons. The Balaban J connectivity index is 1.14. The van der Waals surface area contributed by atoms with Crippen LogP contribution in [-0.4, -0.2) is 41.6 Å². The molecule has 1 aromatic heterocycles. The van der Waals surface area contributed by atoms with Gasteiger partial charge < -0.3 is 4.90 Å². The summed E-state index contributed by atoms with van der Waals surface area (Å²) in [6, 6.07) is 16.2. The maximum Gasteiger partial charge on any atom is 0.162 e. The number of nitrogens with zero attached hydrogens (tertiary/aromatic N) is 2. The van der Waals surface area contributed by atoms with Gasteiger partial charge in [-0.15, -0.1) is 0 Å². The maximum absolute atomic E-state index is 12.9. The third-order valence-corrected chi connectivity index (χ3v) is 7.45. The van der Waals surface area contributed by atoms with Crippen LogP contribution >= 0.6 is 0 Å². The fourth-order valence-corrected chi connectivity index (χ4v) is 5.40. The molecule has 0 N–H and O–H groups in total. The molecule has 33 heavy (non-hydrogen) atoms. The number of likely N-dealkylation sites (tertiary alicyclic amines) is 1. The summed E-state index contributed by atoms with van der Waals surface area (Å²) in [6.07, 6.45) is 9.12. The minimum absolute atomic E-state index is 0.1000. The molecule has 3 atom stereocenters. The first kappa shape index (κ1) is 22.0. The van der Waals surface area contributed by atoms with E-state index in [4.69, 9.17) is 0 Å². The van der Waals surface area contributed by atoms with Crippen LogP contribution in [0.1, 0.15) is 59.5 Å². The first-order valence-electron chi connectivity index (χ1n) is 12.2. The highest BCUT2D eigenvalue weighted by Gasteiger charge is 2.43. The summed E-state index contributed by atoms with van der Waals surface area (Å²) in [5.41, 5.74) is 3.05. The number of carbonyl (C=O) groups excluding carboxylic acids is 2. The molecule has 1 unspecified atom stereocenters. The average Bonchev–Trinajstić information content (AvgIpc) is 3.64. The van der Waals surface area contributed by atoms with Gasteiger partial charge >= 0.3 is 0 Å². The van der Waals surface area contributed by atoms with Crippen molar-refractivity contribution in [3.05, 3.63) is 77.6 Å². The van der Waals surface area contributed by atoms with Gasteiger partial charge in [-0.2, -0.15) is 0 Å². The second-order valence-corrected chi connectivity index (χ2v) is 10.0. The van der Waals surface area contributed by atoms with Crippen molar-refractivity contribution in [2.45, 2.75) is 44.4 Å². The van der Waals surface area contributed by atoms with Crippen LogP contribution in [0, 0.1) is 11.8 Å². The summed E-state index contributed by atoms with van der Waals surface area (Å²) in [5.74, 6) is 1.59. The Bertz CT molecular complexity index is 1150. The molecule has 1 saturated heterocycles. The first-order chi connectivity index (χ1) is 16.1. The summed E-state index contributed by atoms with van der Waals surface area (Å²) in [7, 11) is 2.17. The number of rotatable bonds is 8. The molecule has 5 rings (SSSR count). The second-order valence-electron chi connectivity index (χ2n) is 10.0. The topological polar surface area (TPSA) is 50.3 Å². The third-order valence-electron chi connectivity index (χ3n) is 7.45. The van der Waals surface area contributed by atoms with Gasteiger partial charge in [0.2, 0.25) is 0 Å². The van der Waals surface area contributed by atoms with Gasteiger partial charge in [0.1, 0.15) is 5.78 Å². The molecule has 1 saturated carbocycles. The van der Waals surface area contributed by atoms with E-state index in [0.29, 0.717) is 30.5 Å². The number of carbonyl (C=O) groups is 2. The van der Waals surface area contributed by atoms with Gasteiger partial charge in [-0.05, 0) is 73.7 Å². The highest BCUT2D eigenvalue weighted by atomic mass is 16.1. The largest absolute Gasteiger partial charge is 0.306 e. The molecule has 2 aromatic carbocycles. The predicted octanol–water partition coefficient (Wildman–Crippen LogP) is 5.45. The highest BCUT2D eigenvalue weighted by Crippen LogP contribution is 2.48. The van der Waals surface area contributed by atoms with Crippen LogP contribution in [0.2, 0.25) is 0 Å². The standard InChI is InChI=1S/C29H32N2O2/c1-31-14-2-3-20(19-31)5-11-28(32)23-9-7-22(8-10-23)26-17-27(26)29(33)16-21-4-6-25-18-30-13-12-24(25)15-21/h4,6-10,12-13,15,18,20,26-27H,2-3,5,11,14,16-17,19H2,1H3/t20?,26-,27+/m0/s1. The molecular formula is C29H32N2O2. The molecule has 4 nitrogen and oxygen atoms in total. The zero-order valence-corrected chi connectivity index (χ0v) is 19.4. The number of pyridine rings is 1. The lowest BCUT2D eigenvalue weighted by atomic mass is 9.91. The molecule has 3 aromatic rings. The van der Waals surface area contributed by atoms with Gasteiger partial charge in [0, 0.05) is 48.6 Å². The number of fused-ring (bicyclic) bond motifs is 1. The van der Waals surface area contributed by atoms with E-state index < -0.39 is 0 Å². The summed E-state index contributed by atoms with van der Waals surface area (Å²) in [4.78, 5) is 32.0. The minimum Gasteiger partial charge on any atom is -0.306 e. The van der Waals surface area contributed by atoms with Crippen molar-refractivity contribution in [1.29, 1.82) is 0 Å². The molecule has 170 valence electrons. The van der Waals surface area contributed by atoms with Crippen molar-refractivity contribution in [3.63, 3.8) is 0 Å². The number of hydrogen-bond donors (Lipinski definition) is 0. The first-order valence-corrected chi connectivity index (χ1v) is 12.2. The van der Waals surface area contributed by atoms with E-state index in [1.807, 2.05) is 36.5 Å². The highest BCUT2D eigenvalue weighted by molar-refractivity contribution is 5.96. The summed E-state index contributed by atoms with van der Waals surface area (Å²) in [6.45, 7) is 2.29. The van der Waals surface area contributed by atoms with E-state index in [1.54, 1.807) is 6.20 Å². The quantitative estimate of drug-likeness (QED) is 0.437. The van der Waals surface area contributed by atoms with E-state index in [-0.39, 0.29) is 11.7 Å². The smallest absolute Gasteiger partial charge is 0.162 e. The summed E-state index contributed by atoms with van der Waals surface area (Å²) in [5, 5.41) is 2.22. The van der Waals surface area contributed by atoms with E-state index >= 15 is 0 Å². The molecule has 4 heteroatoms. The van der Waals surface area contributed by atoms with Crippen LogP contribution in [0.3, 0.4) is 0 Å². The van der Waals surface area contributed by atoms with Crippen LogP contribution in [0.5, 0.6) is 0 Å². The van der Waals surface area contributed by atoms with Crippen molar-refractivity contribution in [1.82, 2.24) is 9.88 Å². The monoisotopic (exact) mass is 440 g/mol. The fourth-order valence-electron chi connectivity index (χ4n) is 5.40. The lowest BCUT2D eigenvalue weighted by molar-refractivity contribution is -0.119. The minimum atomic E-state index is 0.1000.